The predicted molar refractivity (Wildman–Crippen MR) is 78.5 cm³/mol. The molecule has 0 radical (unpaired) electrons. The molecule has 2 unspecified atom stereocenters. The summed E-state index contributed by atoms with van der Waals surface area (Å²) in [5, 5.41) is 0. The van der Waals surface area contributed by atoms with E-state index >= 15 is 0 Å². The molecule has 2 atom stereocenters. The van der Waals surface area contributed by atoms with E-state index in [4.69, 9.17) is 5.73 Å². The second-order valence-electron chi connectivity index (χ2n) is 7.07. The molecule has 2 rings (SSSR count). The predicted octanol–water partition coefficient (Wildman–Crippen LogP) is 4.39. The summed E-state index contributed by atoms with van der Waals surface area (Å²) in [4.78, 5) is 0. The normalized spacial score (nSPS) is 29.3. The van der Waals surface area contributed by atoms with Crippen LogP contribution in [0.3, 0.4) is 0 Å². The smallest absolute Gasteiger partial charge is 0.0443 e. The molecule has 1 fully saturated rings. The van der Waals surface area contributed by atoms with Crippen molar-refractivity contribution in [1.29, 1.82) is 0 Å². The monoisotopic (exact) mass is 245 g/mol. The maximum absolute atomic E-state index is 6.86. The van der Waals surface area contributed by atoms with Gasteiger partial charge in [0.05, 0.1) is 0 Å². The van der Waals surface area contributed by atoms with Crippen molar-refractivity contribution in [3.8, 4) is 0 Å². The number of aryl methyl sites for hydroxylation is 1. The molecule has 1 heteroatoms. The first kappa shape index (κ1) is 13.6. The van der Waals surface area contributed by atoms with Gasteiger partial charge in [0.2, 0.25) is 0 Å². The van der Waals surface area contributed by atoms with Crippen molar-refractivity contribution in [3.63, 3.8) is 0 Å². The summed E-state index contributed by atoms with van der Waals surface area (Å²) in [5.74, 6) is 0.571. The molecule has 0 spiro atoms. The van der Waals surface area contributed by atoms with Crippen LogP contribution in [0.25, 0.3) is 0 Å². The van der Waals surface area contributed by atoms with Gasteiger partial charge in [0.25, 0.3) is 0 Å². The van der Waals surface area contributed by atoms with Crippen molar-refractivity contribution < 1.29 is 0 Å². The lowest BCUT2D eigenvalue weighted by atomic mass is 9.60. The first-order chi connectivity index (χ1) is 8.34. The fraction of sp³-hybridized carbons (Fsp3) is 0.647. The molecular formula is C17H27N. The molecule has 1 nitrogen and oxygen atoms in total. The minimum absolute atomic E-state index is 0.135. The molecule has 0 aromatic heterocycles. The quantitative estimate of drug-likeness (QED) is 0.780. The maximum Gasteiger partial charge on any atom is 0.0443 e. The number of hydrogen-bond acceptors (Lipinski definition) is 1. The molecule has 0 heterocycles. The summed E-state index contributed by atoms with van der Waals surface area (Å²) < 4.78 is 0. The number of benzene rings is 1. The van der Waals surface area contributed by atoms with Gasteiger partial charge in [-0.15, -0.1) is 0 Å². The SMILES string of the molecule is Cc1ccc(C2(N)CCCCC2C(C)(C)C)cc1. The van der Waals surface area contributed by atoms with Crippen molar-refractivity contribution in [3.05, 3.63) is 35.4 Å². The fourth-order valence-electron chi connectivity index (χ4n) is 3.61. The lowest BCUT2D eigenvalue weighted by molar-refractivity contribution is 0.0778. The van der Waals surface area contributed by atoms with Gasteiger partial charge in [-0.1, -0.05) is 63.4 Å². The number of hydrogen-bond donors (Lipinski definition) is 1. The van der Waals surface area contributed by atoms with Gasteiger partial charge in [0, 0.05) is 5.54 Å². The van der Waals surface area contributed by atoms with E-state index in [1.54, 1.807) is 0 Å². The standard InChI is InChI=1S/C17H27N/c1-13-8-10-14(11-9-13)17(18)12-6-5-7-15(17)16(2,3)4/h8-11,15H,5-7,12,18H2,1-4H3. The maximum atomic E-state index is 6.86. The van der Waals surface area contributed by atoms with E-state index in [0.29, 0.717) is 5.92 Å². The van der Waals surface area contributed by atoms with Crippen LogP contribution in [0.1, 0.15) is 57.6 Å². The zero-order valence-electron chi connectivity index (χ0n) is 12.3. The Kier molecular flexibility index (Phi) is 3.55. The van der Waals surface area contributed by atoms with Crippen LogP contribution in [0.2, 0.25) is 0 Å². The highest BCUT2D eigenvalue weighted by Gasteiger charge is 2.44. The fourth-order valence-corrected chi connectivity index (χ4v) is 3.61. The van der Waals surface area contributed by atoms with Crippen LogP contribution in [0.4, 0.5) is 0 Å². The molecular weight excluding hydrogens is 218 g/mol. The summed E-state index contributed by atoms with van der Waals surface area (Å²) in [6.07, 6.45) is 4.97. The number of rotatable bonds is 1. The zero-order chi connectivity index (χ0) is 13.4. The molecule has 0 bridgehead atoms. The zero-order valence-corrected chi connectivity index (χ0v) is 12.3. The number of nitrogens with two attached hydrogens (primary N) is 1. The van der Waals surface area contributed by atoms with Crippen LogP contribution in [-0.2, 0) is 5.54 Å². The average Bonchev–Trinajstić information content (AvgIpc) is 2.28. The lowest BCUT2D eigenvalue weighted by Crippen LogP contribution is -2.51. The Morgan fingerprint density at radius 2 is 1.72 bits per heavy atom. The summed E-state index contributed by atoms with van der Waals surface area (Å²) in [5.41, 5.74) is 9.64. The van der Waals surface area contributed by atoms with Crippen molar-refractivity contribution in [2.24, 2.45) is 17.1 Å². The van der Waals surface area contributed by atoms with Gasteiger partial charge in [-0.3, -0.25) is 0 Å². The molecule has 2 N–H and O–H groups in total. The molecule has 0 aliphatic heterocycles. The van der Waals surface area contributed by atoms with Gasteiger partial charge in [-0.05, 0) is 36.7 Å². The third-order valence-corrected chi connectivity index (χ3v) is 4.59. The van der Waals surface area contributed by atoms with Gasteiger partial charge in [-0.2, -0.15) is 0 Å². The Hall–Kier alpha value is -0.820. The Morgan fingerprint density at radius 3 is 2.28 bits per heavy atom. The molecule has 100 valence electrons. The minimum Gasteiger partial charge on any atom is -0.321 e. The molecule has 18 heavy (non-hydrogen) atoms. The first-order valence-electron chi connectivity index (χ1n) is 7.20. The Bertz CT molecular complexity index is 399. The van der Waals surface area contributed by atoms with Crippen molar-refractivity contribution in [1.82, 2.24) is 0 Å². The van der Waals surface area contributed by atoms with Crippen LogP contribution in [0.5, 0.6) is 0 Å². The summed E-state index contributed by atoms with van der Waals surface area (Å²) in [6.45, 7) is 9.13. The Labute approximate surface area is 112 Å². The van der Waals surface area contributed by atoms with Crippen LogP contribution in [-0.4, -0.2) is 0 Å². The topological polar surface area (TPSA) is 26.0 Å². The van der Waals surface area contributed by atoms with E-state index in [9.17, 15) is 0 Å². The first-order valence-corrected chi connectivity index (χ1v) is 7.20. The van der Waals surface area contributed by atoms with E-state index in [2.05, 4.69) is 52.0 Å². The Balaban J connectivity index is 2.39. The van der Waals surface area contributed by atoms with Crippen molar-refractivity contribution >= 4 is 0 Å². The second-order valence-corrected chi connectivity index (χ2v) is 7.07. The van der Waals surface area contributed by atoms with Crippen LogP contribution in [0.15, 0.2) is 24.3 Å². The van der Waals surface area contributed by atoms with E-state index in [0.717, 1.165) is 6.42 Å². The molecule has 0 amide bonds. The van der Waals surface area contributed by atoms with Crippen molar-refractivity contribution in [2.45, 2.75) is 58.9 Å². The van der Waals surface area contributed by atoms with E-state index in [1.807, 2.05) is 0 Å². The largest absolute Gasteiger partial charge is 0.321 e. The molecule has 1 saturated carbocycles. The summed E-state index contributed by atoms with van der Waals surface area (Å²) in [7, 11) is 0. The van der Waals surface area contributed by atoms with Gasteiger partial charge >= 0.3 is 0 Å². The van der Waals surface area contributed by atoms with E-state index in [1.165, 1.54) is 30.4 Å². The van der Waals surface area contributed by atoms with Gasteiger partial charge in [0.1, 0.15) is 0 Å². The molecule has 1 aliphatic carbocycles. The highest BCUT2D eigenvalue weighted by Crippen LogP contribution is 2.48. The minimum atomic E-state index is -0.135. The van der Waals surface area contributed by atoms with Crippen LogP contribution >= 0.6 is 0 Å². The van der Waals surface area contributed by atoms with Crippen molar-refractivity contribution in [2.75, 3.05) is 0 Å². The Morgan fingerprint density at radius 1 is 1.11 bits per heavy atom. The third kappa shape index (κ3) is 2.47. The highest BCUT2D eigenvalue weighted by atomic mass is 14.8. The second kappa shape index (κ2) is 4.70. The third-order valence-electron chi connectivity index (χ3n) is 4.59. The molecule has 1 aromatic carbocycles. The van der Waals surface area contributed by atoms with Gasteiger partial charge in [-0.25, -0.2) is 0 Å². The highest BCUT2D eigenvalue weighted by molar-refractivity contribution is 5.29. The van der Waals surface area contributed by atoms with E-state index < -0.39 is 0 Å². The molecule has 1 aliphatic rings. The lowest BCUT2D eigenvalue weighted by Gasteiger charge is -2.48. The van der Waals surface area contributed by atoms with Gasteiger partial charge in [0.15, 0.2) is 0 Å². The van der Waals surface area contributed by atoms with Crippen LogP contribution in [0, 0.1) is 18.3 Å². The van der Waals surface area contributed by atoms with E-state index in [-0.39, 0.29) is 11.0 Å². The molecule has 1 aromatic rings. The summed E-state index contributed by atoms with van der Waals surface area (Å²) in [6, 6.07) is 8.86. The molecule has 0 saturated heterocycles. The summed E-state index contributed by atoms with van der Waals surface area (Å²) >= 11 is 0. The van der Waals surface area contributed by atoms with Crippen LogP contribution < -0.4 is 5.73 Å². The van der Waals surface area contributed by atoms with Gasteiger partial charge < -0.3 is 5.73 Å². The average molecular weight is 245 g/mol.